The quantitative estimate of drug-likeness (QED) is 0.587. The molecule has 1 aromatic heterocycles. The average Bonchev–Trinajstić information content (AvgIpc) is 3.18. The van der Waals surface area contributed by atoms with Crippen molar-refractivity contribution >= 4 is 34.8 Å². The number of benzene rings is 2. The highest BCUT2D eigenvalue weighted by molar-refractivity contribution is 6.30. The molecule has 0 saturated carbocycles. The van der Waals surface area contributed by atoms with Crippen molar-refractivity contribution in [2.24, 2.45) is 0 Å². The van der Waals surface area contributed by atoms with Crippen LogP contribution in [0.15, 0.2) is 53.1 Å². The molecule has 1 heterocycles. The van der Waals surface area contributed by atoms with E-state index in [9.17, 15) is 9.59 Å². The van der Waals surface area contributed by atoms with Gasteiger partial charge in [0.2, 0.25) is 11.8 Å². The summed E-state index contributed by atoms with van der Waals surface area (Å²) in [4.78, 5) is 29.4. The maximum atomic E-state index is 12.6. The van der Waals surface area contributed by atoms with Gasteiger partial charge in [-0.05, 0) is 36.4 Å². The molecule has 156 valence electrons. The molecule has 2 N–H and O–H groups in total. The van der Waals surface area contributed by atoms with Gasteiger partial charge in [0.05, 0.1) is 11.3 Å². The van der Waals surface area contributed by atoms with Gasteiger partial charge in [0.15, 0.2) is 5.82 Å². The normalized spacial score (nSPS) is 11.2. The smallest absolute Gasteiger partial charge is 0.257 e. The number of amides is 2. The minimum absolute atomic E-state index is 0.152. The maximum absolute atomic E-state index is 12.6. The number of carbonyl (C=O) groups excluding carboxylic acids is 2. The molecule has 0 unspecified atom stereocenters. The second kappa shape index (κ2) is 9.09. The lowest BCUT2D eigenvalue weighted by Crippen LogP contribution is -2.18. The Morgan fingerprint density at radius 1 is 1.03 bits per heavy atom. The van der Waals surface area contributed by atoms with E-state index in [0.29, 0.717) is 40.1 Å². The standard InChI is InChI=1S/C22H23ClN4O3/c1-22(2,3)21-26-19(30-27-21)13-12-18(28)25-17-7-5-4-6-16(17)20(29)24-15-10-8-14(23)9-11-15/h4-11H,12-13H2,1-3H3,(H,24,29)(H,25,28). The first-order valence-corrected chi connectivity index (χ1v) is 9.89. The molecule has 30 heavy (non-hydrogen) atoms. The highest BCUT2D eigenvalue weighted by Gasteiger charge is 2.21. The predicted octanol–water partition coefficient (Wildman–Crippen LogP) is 4.84. The van der Waals surface area contributed by atoms with E-state index in [1.165, 1.54) is 0 Å². The number of anilines is 2. The van der Waals surface area contributed by atoms with Crippen molar-refractivity contribution in [2.75, 3.05) is 10.6 Å². The van der Waals surface area contributed by atoms with Gasteiger partial charge in [-0.2, -0.15) is 4.98 Å². The summed E-state index contributed by atoms with van der Waals surface area (Å²) in [6.45, 7) is 5.96. The number of aromatic nitrogens is 2. The Morgan fingerprint density at radius 2 is 1.73 bits per heavy atom. The Morgan fingerprint density at radius 3 is 2.40 bits per heavy atom. The molecule has 2 aromatic carbocycles. The fourth-order valence-electron chi connectivity index (χ4n) is 2.62. The first kappa shape index (κ1) is 21.5. The zero-order chi connectivity index (χ0) is 21.7. The molecule has 0 spiro atoms. The Hall–Kier alpha value is -3.19. The fraction of sp³-hybridized carbons (Fsp3) is 0.273. The van der Waals surface area contributed by atoms with Crippen molar-refractivity contribution in [3.8, 4) is 0 Å². The van der Waals surface area contributed by atoms with Gasteiger partial charge < -0.3 is 15.2 Å². The molecule has 7 nitrogen and oxygen atoms in total. The van der Waals surface area contributed by atoms with Gasteiger partial charge in [-0.3, -0.25) is 9.59 Å². The first-order chi connectivity index (χ1) is 14.2. The van der Waals surface area contributed by atoms with Gasteiger partial charge in [-0.1, -0.05) is 49.7 Å². The van der Waals surface area contributed by atoms with Gasteiger partial charge in [0.25, 0.3) is 5.91 Å². The van der Waals surface area contributed by atoms with Crippen molar-refractivity contribution in [3.05, 3.63) is 70.8 Å². The lowest BCUT2D eigenvalue weighted by Gasteiger charge is -2.11. The van der Waals surface area contributed by atoms with E-state index >= 15 is 0 Å². The van der Waals surface area contributed by atoms with E-state index in [2.05, 4.69) is 20.8 Å². The van der Waals surface area contributed by atoms with Gasteiger partial charge in [0, 0.05) is 29.0 Å². The molecule has 3 rings (SSSR count). The van der Waals surface area contributed by atoms with Crippen LogP contribution in [0.25, 0.3) is 0 Å². The van der Waals surface area contributed by atoms with Gasteiger partial charge in [-0.15, -0.1) is 0 Å². The van der Waals surface area contributed by atoms with Gasteiger partial charge in [0.1, 0.15) is 0 Å². The molecule has 0 bridgehead atoms. The Balaban J connectivity index is 1.62. The van der Waals surface area contributed by atoms with Crippen LogP contribution in [0.2, 0.25) is 5.02 Å². The zero-order valence-corrected chi connectivity index (χ0v) is 17.8. The summed E-state index contributed by atoms with van der Waals surface area (Å²) < 4.78 is 5.21. The van der Waals surface area contributed by atoms with Crippen molar-refractivity contribution in [3.63, 3.8) is 0 Å². The summed E-state index contributed by atoms with van der Waals surface area (Å²) in [5.41, 5.74) is 1.17. The average molecular weight is 427 g/mol. The molecule has 0 aliphatic heterocycles. The maximum Gasteiger partial charge on any atom is 0.257 e. The number of hydrogen-bond acceptors (Lipinski definition) is 5. The number of hydrogen-bond donors (Lipinski definition) is 2. The molecule has 0 fully saturated rings. The van der Waals surface area contributed by atoms with E-state index in [1.54, 1.807) is 48.5 Å². The van der Waals surface area contributed by atoms with Crippen molar-refractivity contribution in [1.82, 2.24) is 10.1 Å². The van der Waals surface area contributed by atoms with Crippen LogP contribution in [-0.4, -0.2) is 22.0 Å². The highest BCUT2D eigenvalue weighted by atomic mass is 35.5. The second-order valence-electron chi connectivity index (χ2n) is 7.82. The summed E-state index contributed by atoms with van der Waals surface area (Å²) in [7, 11) is 0. The third-order valence-corrected chi connectivity index (χ3v) is 4.50. The van der Waals surface area contributed by atoms with Crippen molar-refractivity contribution in [1.29, 1.82) is 0 Å². The fourth-order valence-corrected chi connectivity index (χ4v) is 2.74. The third-order valence-electron chi connectivity index (χ3n) is 4.25. The minimum atomic E-state index is -0.333. The van der Waals surface area contributed by atoms with Crippen LogP contribution in [-0.2, 0) is 16.6 Å². The summed E-state index contributed by atoms with van der Waals surface area (Å²) >= 11 is 5.87. The van der Waals surface area contributed by atoms with E-state index in [4.69, 9.17) is 16.1 Å². The molecular weight excluding hydrogens is 404 g/mol. The van der Waals surface area contributed by atoms with Crippen molar-refractivity contribution < 1.29 is 14.1 Å². The molecule has 8 heteroatoms. The van der Waals surface area contributed by atoms with E-state index < -0.39 is 0 Å². The Labute approximate surface area is 179 Å². The lowest BCUT2D eigenvalue weighted by molar-refractivity contribution is -0.116. The number of aryl methyl sites for hydroxylation is 1. The van der Waals surface area contributed by atoms with Crippen LogP contribution in [0.3, 0.4) is 0 Å². The number of halogens is 1. The van der Waals surface area contributed by atoms with Crippen LogP contribution >= 0.6 is 11.6 Å². The van der Waals surface area contributed by atoms with Crippen LogP contribution in [0.5, 0.6) is 0 Å². The topological polar surface area (TPSA) is 97.1 Å². The summed E-state index contributed by atoms with van der Waals surface area (Å²) in [5.74, 6) is 0.420. The SMILES string of the molecule is CC(C)(C)c1noc(CCC(=O)Nc2ccccc2C(=O)Nc2ccc(Cl)cc2)n1. The number of carbonyl (C=O) groups is 2. The number of nitrogens with zero attached hydrogens (tertiary/aromatic N) is 2. The molecule has 3 aromatic rings. The number of rotatable bonds is 6. The third kappa shape index (κ3) is 5.67. The second-order valence-corrected chi connectivity index (χ2v) is 8.25. The van der Waals surface area contributed by atoms with Crippen LogP contribution < -0.4 is 10.6 Å². The molecule has 2 amide bonds. The summed E-state index contributed by atoms with van der Waals surface area (Å²) in [5, 5.41) is 10.1. The first-order valence-electron chi connectivity index (χ1n) is 9.51. The van der Waals surface area contributed by atoms with Gasteiger partial charge in [-0.25, -0.2) is 0 Å². The molecule has 0 aliphatic rings. The number of nitrogens with one attached hydrogen (secondary N) is 2. The number of para-hydroxylation sites is 1. The zero-order valence-electron chi connectivity index (χ0n) is 17.0. The van der Waals surface area contributed by atoms with Crippen molar-refractivity contribution in [2.45, 2.75) is 39.0 Å². The molecule has 0 atom stereocenters. The molecule has 0 radical (unpaired) electrons. The molecular formula is C22H23ClN4O3. The molecule has 0 aliphatic carbocycles. The van der Waals surface area contributed by atoms with Crippen LogP contribution in [0.1, 0.15) is 49.3 Å². The monoisotopic (exact) mass is 426 g/mol. The lowest BCUT2D eigenvalue weighted by atomic mass is 9.96. The minimum Gasteiger partial charge on any atom is -0.339 e. The Bertz CT molecular complexity index is 1040. The largest absolute Gasteiger partial charge is 0.339 e. The van der Waals surface area contributed by atoms with Gasteiger partial charge >= 0.3 is 0 Å². The van der Waals surface area contributed by atoms with E-state index in [-0.39, 0.29) is 23.7 Å². The summed E-state index contributed by atoms with van der Waals surface area (Å²) in [6.07, 6.45) is 0.465. The predicted molar refractivity (Wildman–Crippen MR) is 116 cm³/mol. The van der Waals surface area contributed by atoms with E-state index in [0.717, 1.165) is 0 Å². The van der Waals surface area contributed by atoms with E-state index in [1.807, 2.05) is 20.8 Å². The summed E-state index contributed by atoms with van der Waals surface area (Å²) in [6, 6.07) is 13.6. The highest BCUT2D eigenvalue weighted by Crippen LogP contribution is 2.20. The molecule has 0 saturated heterocycles. The van der Waals surface area contributed by atoms with Crippen LogP contribution in [0.4, 0.5) is 11.4 Å². The van der Waals surface area contributed by atoms with Crippen LogP contribution in [0, 0.1) is 0 Å². The Kier molecular flexibility index (Phi) is 6.52.